The van der Waals surface area contributed by atoms with Gasteiger partial charge in [0.05, 0.1) is 12.3 Å². The molecule has 0 saturated carbocycles. The number of rotatable bonds is 6. The van der Waals surface area contributed by atoms with Crippen LogP contribution in [0.15, 0.2) is 24.3 Å². The van der Waals surface area contributed by atoms with Crippen LogP contribution >= 0.6 is 31.9 Å². The summed E-state index contributed by atoms with van der Waals surface area (Å²) in [5.74, 6) is -1.04. The smallest absolute Gasteiger partial charge is 0.318 e. The molecule has 0 heterocycles. The molecule has 5 nitrogen and oxygen atoms in total. The molecule has 2 atom stereocenters. The fraction of sp³-hybridized carbons (Fsp3) is 0.333. The Bertz CT molecular complexity index is 467. The van der Waals surface area contributed by atoms with Gasteiger partial charge in [0.1, 0.15) is 15.4 Å². The number of benzene rings is 1. The van der Waals surface area contributed by atoms with Crippen molar-refractivity contribution in [1.29, 1.82) is 0 Å². The summed E-state index contributed by atoms with van der Waals surface area (Å²) in [5, 5.41) is 11.5. The second-order valence-electron chi connectivity index (χ2n) is 3.56. The van der Waals surface area contributed by atoms with E-state index in [1.165, 1.54) is 0 Å². The minimum atomic E-state index is -1.12. The third-order valence-corrected chi connectivity index (χ3v) is 4.76. The Morgan fingerprint density at radius 2 is 1.95 bits per heavy atom. The molecule has 1 amide bonds. The summed E-state index contributed by atoms with van der Waals surface area (Å²) in [7, 11) is 0. The first-order valence-corrected chi connectivity index (χ1v) is 7.34. The summed E-state index contributed by atoms with van der Waals surface area (Å²) in [6, 6.07) is 6.96. The zero-order chi connectivity index (χ0) is 14.4. The monoisotopic (exact) mass is 393 g/mol. The van der Waals surface area contributed by atoms with Crippen LogP contribution in [-0.2, 0) is 9.59 Å². The molecular weight excluding hydrogens is 382 g/mol. The first-order chi connectivity index (χ1) is 8.97. The lowest BCUT2D eigenvalue weighted by molar-refractivity contribution is -0.137. The molecule has 0 saturated heterocycles. The molecule has 0 aromatic heterocycles. The van der Waals surface area contributed by atoms with Crippen molar-refractivity contribution in [2.24, 2.45) is 0 Å². The van der Waals surface area contributed by atoms with Crippen molar-refractivity contribution in [3.63, 3.8) is 0 Å². The van der Waals surface area contributed by atoms with E-state index in [1.807, 2.05) is 6.92 Å². The molecule has 0 bridgehead atoms. The van der Waals surface area contributed by atoms with Crippen LogP contribution in [0.25, 0.3) is 0 Å². The van der Waals surface area contributed by atoms with Gasteiger partial charge in [0.25, 0.3) is 0 Å². The zero-order valence-electron chi connectivity index (χ0n) is 10.1. The number of carboxylic acids is 1. The summed E-state index contributed by atoms with van der Waals surface area (Å²) in [5.41, 5.74) is 0.504. The molecule has 1 aromatic carbocycles. The molecule has 0 fully saturated rings. The number of hydrogen-bond acceptors (Lipinski definition) is 3. The van der Waals surface area contributed by atoms with Crippen molar-refractivity contribution in [2.75, 3.05) is 11.9 Å². The normalized spacial score (nSPS) is 13.4. The summed E-state index contributed by atoms with van der Waals surface area (Å²) in [4.78, 5) is 20.8. The molecule has 104 valence electrons. The molecule has 0 aliphatic heterocycles. The third kappa shape index (κ3) is 4.50. The van der Waals surface area contributed by atoms with E-state index in [4.69, 9.17) is 9.84 Å². The average Bonchev–Trinajstić information content (AvgIpc) is 2.39. The van der Waals surface area contributed by atoms with Gasteiger partial charge in [0, 0.05) is 0 Å². The van der Waals surface area contributed by atoms with E-state index in [-0.39, 0.29) is 0 Å². The van der Waals surface area contributed by atoms with Crippen LogP contribution < -0.4 is 10.1 Å². The number of halogens is 2. The Morgan fingerprint density at radius 1 is 1.32 bits per heavy atom. The first kappa shape index (κ1) is 16.0. The second kappa shape index (κ2) is 7.49. The average molecular weight is 395 g/mol. The Balaban J connectivity index is 2.79. The zero-order valence-corrected chi connectivity index (χ0v) is 13.3. The van der Waals surface area contributed by atoms with Crippen molar-refractivity contribution < 1.29 is 19.4 Å². The van der Waals surface area contributed by atoms with Crippen LogP contribution in [0.3, 0.4) is 0 Å². The van der Waals surface area contributed by atoms with Crippen molar-refractivity contribution in [2.45, 2.75) is 16.6 Å². The highest BCUT2D eigenvalue weighted by atomic mass is 79.9. The Labute approximate surface area is 127 Å². The number of para-hydroxylation sites is 2. The Kier molecular flexibility index (Phi) is 6.30. The third-order valence-electron chi connectivity index (χ3n) is 2.19. The first-order valence-electron chi connectivity index (χ1n) is 5.51. The van der Waals surface area contributed by atoms with Gasteiger partial charge in [0.2, 0.25) is 5.91 Å². The van der Waals surface area contributed by atoms with E-state index < -0.39 is 21.5 Å². The van der Waals surface area contributed by atoms with Gasteiger partial charge < -0.3 is 15.2 Å². The van der Waals surface area contributed by atoms with Gasteiger partial charge in [-0.1, -0.05) is 44.0 Å². The van der Waals surface area contributed by atoms with Crippen LogP contribution in [-0.4, -0.2) is 33.2 Å². The van der Waals surface area contributed by atoms with Crippen molar-refractivity contribution in [3.8, 4) is 5.75 Å². The molecular formula is C12H13Br2NO4. The number of carbonyl (C=O) groups excluding carboxylic acids is 1. The van der Waals surface area contributed by atoms with Gasteiger partial charge in [0.15, 0.2) is 0 Å². The van der Waals surface area contributed by atoms with Crippen LogP contribution in [0.5, 0.6) is 5.75 Å². The predicted octanol–water partition coefficient (Wildman–Crippen LogP) is 2.64. The van der Waals surface area contributed by atoms with Crippen LogP contribution in [0.1, 0.15) is 6.92 Å². The van der Waals surface area contributed by atoms with Gasteiger partial charge >= 0.3 is 5.97 Å². The summed E-state index contributed by atoms with van der Waals surface area (Å²) >= 11 is 5.98. The van der Waals surface area contributed by atoms with Crippen LogP contribution in [0.4, 0.5) is 5.69 Å². The summed E-state index contributed by atoms with van der Waals surface area (Å²) < 4.78 is 5.37. The van der Waals surface area contributed by atoms with E-state index in [1.54, 1.807) is 24.3 Å². The highest BCUT2D eigenvalue weighted by molar-refractivity contribution is 9.12. The molecule has 0 radical (unpaired) electrons. The summed E-state index contributed by atoms with van der Waals surface area (Å²) in [6.45, 7) is 2.31. The molecule has 7 heteroatoms. The predicted molar refractivity (Wildman–Crippen MR) is 79.3 cm³/mol. The molecule has 0 spiro atoms. The quantitative estimate of drug-likeness (QED) is 0.727. The van der Waals surface area contributed by atoms with E-state index in [2.05, 4.69) is 37.2 Å². The molecule has 2 N–H and O–H groups in total. The Hall–Kier alpha value is -1.08. The van der Waals surface area contributed by atoms with Gasteiger partial charge in [-0.2, -0.15) is 0 Å². The molecule has 1 aromatic rings. The standard InChI is InChI=1S/C12H13Br2NO4/c1-2-19-8-6-4-3-5-7(8)15-11(16)9(13)10(14)12(17)18/h3-6,9-10H,2H2,1H3,(H,15,16)(H,17,18)/t9-,10+/m1/s1. The fourth-order valence-electron chi connectivity index (χ4n) is 1.31. The lowest BCUT2D eigenvalue weighted by Gasteiger charge is -2.15. The molecule has 0 aliphatic carbocycles. The second-order valence-corrected chi connectivity index (χ2v) is 5.53. The molecule has 1 rings (SSSR count). The number of aliphatic carboxylic acids is 1. The maximum atomic E-state index is 11.9. The van der Waals surface area contributed by atoms with Gasteiger partial charge in [-0.3, -0.25) is 9.59 Å². The maximum Gasteiger partial charge on any atom is 0.318 e. The van der Waals surface area contributed by atoms with Gasteiger partial charge in [-0.05, 0) is 19.1 Å². The number of alkyl halides is 2. The van der Waals surface area contributed by atoms with Crippen molar-refractivity contribution in [1.82, 2.24) is 0 Å². The largest absolute Gasteiger partial charge is 0.492 e. The lowest BCUT2D eigenvalue weighted by Crippen LogP contribution is -2.34. The SMILES string of the molecule is CCOc1ccccc1NC(=O)[C@H](Br)[C@H](Br)C(=O)O. The van der Waals surface area contributed by atoms with E-state index in [0.29, 0.717) is 18.0 Å². The van der Waals surface area contributed by atoms with Crippen molar-refractivity contribution >= 4 is 49.4 Å². The number of anilines is 1. The Morgan fingerprint density at radius 3 is 2.53 bits per heavy atom. The number of amides is 1. The highest BCUT2D eigenvalue weighted by Gasteiger charge is 2.29. The van der Waals surface area contributed by atoms with Crippen molar-refractivity contribution in [3.05, 3.63) is 24.3 Å². The van der Waals surface area contributed by atoms with Gasteiger partial charge in [-0.15, -0.1) is 0 Å². The minimum Gasteiger partial charge on any atom is -0.492 e. The number of hydrogen-bond donors (Lipinski definition) is 2. The lowest BCUT2D eigenvalue weighted by atomic mass is 10.2. The van der Waals surface area contributed by atoms with E-state index in [0.717, 1.165) is 0 Å². The van der Waals surface area contributed by atoms with Crippen LogP contribution in [0, 0.1) is 0 Å². The van der Waals surface area contributed by atoms with E-state index >= 15 is 0 Å². The number of nitrogens with one attached hydrogen (secondary N) is 1. The number of carboxylic acid groups (broad SMARTS) is 1. The summed E-state index contributed by atoms with van der Waals surface area (Å²) in [6.07, 6.45) is 0. The molecule has 0 aliphatic rings. The van der Waals surface area contributed by atoms with Crippen LogP contribution in [0.2, 0.25) is 0 Å². The molecule has 0 unspecified atom stereocenters. The number of ether oxygens (including phenoxy) is 1. The fourth-order valence-corrected chi connectivity index (χ4v) is 1.89. The van der Waals surface area contributed by atoms with E-state index in [9.17, 15) is 9.59 Å². The number of carbonyl (C=O) groups is 2. The topological polar surface area (TPSA) is 75.6 Å². The maximum absolute atomic E-state index is 11.9. The highest BCUT2D eigenvalue weighted by Crippen LogP contribution is 2.25. The molecule has 19 heavy (non-hydrogen) atoms. The van der Waals surface area contributed by atoms with Gasteiger partial charge in [-0.25, -0.2) is 0 Å². The minimum absolute atomic E-state index is 0.462.